The summed E-state index contributed by atoms with van der Waals surface area (Å²) in [6.45, 7) is 5.61. The van der Waals surface area contributed by atoms with Gasteiger partial charge < -0.3 is 9.84 Å². The van der Waals surface area contributed by atoms with Gasteiger partial charge >= 0.3 is 0 Å². The van der Waals surface area contributed by atoms with Crippen LogP contribution >= 0.6 is 0 Å². The molecule has 0 bridgehead atoms. The molecule has 106 valence electrons. The Hall–Kier alpha value is -1.87. The van der Waals surface area contributed by atoms with Crippen LogP contribution in [0, 0.1) is 12.7 Å². The van der Waals surface area contributed by atoms with Gasteiger partial charge in [0.25, 0.3) is 0 Å². The zero-order valence-electron chi connectivity index (χ0n) is 11.9. The van der Waals surface area contributed by atoms with Gasteiger partial charge in [-0.1, -0.05) is 24.3 Å². The standard InChI is InChI=1S/C17H19FO2/c1-11(2)20-15-8-6-13(7-9-15)17(19)14-5-4-12(3)16(18)10-14/h4-11,17,19H,1-3H3. The largest absolute Gasteiger partial charge is 0.491 e. The lowest BCUT2D eigenvalue weighted by Crippen LogP contribution is -2.06. The van der Waals surface area contributed by atoms with Crippen LogP contribution in [0.25, 0.3) is 0 Å². The Kier molecular flexibility index (Phi) is 4.40. The van der Waals surface area contributed by atoms with Gasteiger partial charge in [-0.2, -0.15) is 0 Å². The highest BCUT2D eigenvalue weighted by Crippen LogP contribution is 2.25. The highest BCUT2D eigenvalue weighted by atomic mass is 19.1. The van der Waals surface area contributed by atoms with E-state index in [1.165, 1.54) is 6.07 Å². The first-order valence-electron chi connectivity index (χ1n) is 6.68. The molecule has 1 unspecified atom stereocenters. The number of hydrogen-bond donors (Lipinski definition) is 1. The van der Waals surface area contributed by atoms with Crippen LogP contribution < -0.4 is 4.74 Å². The van der Waals surface area contributed by atoms with Gasteiger partial charge in [0.1, 0.15) is 17.7 Å². The molecule has 0 saturated heterocycles. The fourth-order valence-corrected chi connectivity index (χ4v) is 1.97. The molecule has 2 aromatic rings. The summed E-state index contributed by atoms with van der Waals surface area (Å²) in [5, 5.41) is 10.3. The highest BCUT2D eigenvalue weighted by molar-refractivity contribution is 5.35. The van der Waals surface area contributed by atoms with Crippen LogP contribution in [-0.2, 0) is 0 Å². The lowest BCUT2D eigenvalue weighted by Gasteiger charge is -2.14. The van der Waals surface area contributed by atoms with Crippen LogP contribution in [0.1, 0.15) is 36.6 Å². The zero-order chi connectivity index (χ0) is 14.7. The Balaban J connectivity index is 2.20. The molecule has 1 atom stereocenters. The van der Waals surface area contributed by atoms with E-state index in [-0.39, 0.29) is 11.9 Å². The van der Waals surface area contributed by atoms with Gasteiger partial charge in [0.05, 0.1) is 6.10 Å². The number of hydrogen-bond acceptors (Lipinski definition) is 2. The molecule has 2 aromatic carbocycles. The molecule has 0 aliphatic rings. The fraction of sp³-hybridized carbons (Fsp3) is 0.294. The second-order valence-electron chi connectivity index (χ2n) is 5.15. The normalized spacial score (nSPS) is 12.5. The summed E-state index contributed by atoms with van der Waals surface area (Å²) >= 11 is 0. The molecule has 0 aliphatic carbocycles. The number of rotatable bonds is 4. The SMILES string of the molecule is Cc1ccc(C(O)c2ccc(OC(C)C)cc2)cc1F. The van der Waals surface area contributed by atoms with Crippen LogP contribution in [0.15, 0.2) is 42.5 Å². The zero-order valence-corrected chi connectivity index (χ0v) is 11.9. The third kappa shape index (κ3) is 3.36. The minimum absolute atomic E-state index is 0.108. The van der Waals surface area contributed by atoms with E-state index >= 15 is 0 Å². The Labute approximate surface area is 118 Å². The third-order valence-electron chi connectivity index (χ3n) is 3.08. The maximum atomic E-state index is 13.5. The number of aliphatic hydroxyl groups excluding tert-OH is 1. The van der Waals surface area contributed by atoms with Gasteiger partial charge in [0.2, 0.25) is 0 Å². The Morgan fingerprint density at radius 3 is 2.15 bits per heavy atom. The second kappa shape index (κ2) is 6.06. The summed E-state index contributed by atoms with van der Waals surface area (Å²) in [6, 6.07) is 12.0. The third-order valence-corrected chi connectivity index (χ3v) is 3.08. The second-order valence-corrected chi connectivity index (χ2v) is 5.15. The Bertz CT molecular complexity index is 576. The van der Waals surface area contributed by atoms with E-state index < -0.39 is 6.10 Å². The van der Waals surface area contributed by atoms with Crippen LogP contribution in [0.3, 0.4) is 0 Å². The minimum atomic E-state index is -0.835. The number of aliphatic hydroxyl groups is 1. The molecule has 0 aliphatic heterocycles. The first-order chi connectivity index (χ1) is 9.47. The van der Waals surface area contributed by atoms with E-state index in [2.05, 4.69) is 0 Å². The van der Waals surface area contributed by atoms with Crippen LogP contribution in [0.2, 0.25) is 0 Å². The molecule has 2 nitrogen and oxygen atoms in total. The molecular formula is C17H19FO2. The molecule has 0 aromatic heterocycles. The van der Waals surface area contributed by atoms with Crippen LogP contribution in [-0.4, -0.2) is 11.2 Å². The van der Waals surface area contributed by atoms with Crippen molar-refractivity contribution >= 4 is 0 Å². The van der Waals surface area contributed by atoms with Crippen molar-refractivity contribution < 1.29 is 14.2 Å². The van der Waals surface area contributed by atoms with E-state index in [1.807, 2.05) is 26.0 Å². The van der Waals surface area contributed by atoms with Crippen molar-refractivity contribution in [2.45, 2.75) is 33.0 Å². The molecule has 0 saturated carbocycles. The first kappa shape index (κ1) is 14.5. The summed E-state index contributed by atoms with van der Waals surface area (Å²) in [4.78, 5) is 0. The van der Waals surface area contributed by atoms with Crippen molar-refractivity contribution in [2.24, 2.45) is 0 Å². The number of halogens is 1. The van der Waals surface area contributed by atoms with Gasteiger partial charge in [-0.05, 0) is 55.7 Å². The molecule has 0 spiro atoms. The average molecular weight is 274 g/mol. The van der Waals surface area contributed by atoms with Crippen molar-refractivity contribution in [3.8, 4) is 5.75 Å². The van der Waals surface area contributed by atoms with Crippen molar-refractivity contribution in [2.75, 3.05) is 0 Å². The number of benzene rings is 2. The molecule has 2 rings (SSSR count). The summed E-state index contributed by atoms with van der Waals surface area (Å²) < 4.78 is 19.1. The predicted octanol–water partition coefficient (Wildman–Crippen LogP) is 4.00. The predicted molar refractivity (Wildman–Crippen MR) is 77.4 cm³/mol. The lowest BCUT2D eigenvalue weighted by atomic mass is 10.0. The van der Waals surface area contributed by atoms with Crippen molar-refractivity contribution in [1.82, 2.24) is 0 Å². The molecule has 0 amide bonds. The quantitative estimate of drug-likeness (QED) is 0.913. The van der Waals surface area contributed by atoms with Gasteiger partial charge in [-0.15, -0.1) is 0 Å². The molecule has 3 heteroatoms. The van der Waals surface area contributed by atoms with E-state index in [0.29, 0.717) is 16.7 Å². The van der Waals surface area contributed by atoms with Gasteiger partial charge in [-0.25, -0.2) is 4.39 Å². The summed E-state index contributed by atoms with van der Waals surface area (Å²) in [5.74, 6) is 0.451. The van der Waals surface area contributed by atoms with Crippen molar-refractivity contribution in [3.05, 3.63) is 65.0 Å². The molecule has 0 fully saturated rings. The van der Waals surface area contributed by atoms with Gasteiger partial charge in [-0.3, -0.25) is 0 Å². The van der Waals surface area contributed by atoms with E-state index in [1.54, 1.807) is 31.2 Å². The molecule has 0 heterocycles. The fourth-order valence-electron chi connectivity index (χ4n) is 1.97. The van der Waals surface area contributed by atoms with Gasteiger partial charge in [0.15, 0.2) is 0 Å². The maximum Gasteiger partial charge on any atom is 0.126 e. The number of ether oxygens (including phenoxy) is 1. The summed E-state index contributed by atoms with van der Waals surface area (Å²) in [7, 11) is 0. The first-order valence-corrected chi connectivity index (χ1v) is 6.68. The van der Waals surface area contributed by atoms with E-state index in [9.17, 15) is 9.50 Å². The van der Waals surface area contributed by atoms with Crippen LogP contribution in [0.5, 0.6) is 5.75 Å². The molecule has 1 N–H and O–H groups in total. The Morgan fingerprint density at radius 2 is 1.60 bits per heavy atom. The minimum Gasteiger partial charge on any atom is -0.491 e. The van der Waals surface area contributed by atoms with Crippen molar-refractivity contribution in [3.63, 3.8) is 0 Å². The van der Waals surface area contributed by atoms with Gasteiger partial charge in [0, 0.05) is 0 Å². The number of aryl methyl sites for hydroxylation is 1. The average Bonchev–Trinajstić information content (AvgIpc) is 2.41. The monoisotopic (exact) mass is 274 g/mol. The summed E-state index contributed by atoms with van der Waals surface area (Å²) in [6.07, 6.45) is -0.727. The van der Waals surface area contributed by atoms with E-state index in [0.717, 1.165) is 5.75 Å². The molecule has 20 heavy (non-hydrogen) atoms. The molecular weight excluding hydrogens is 255 g/mol. The molecule has 0 radical (unpaired) electrons. The van der Waals surface area contributed by atoms with Crippen LogP contribution in [0.4, 0.5) is 4.39 Å². The summed E-state index contributed by atoms with van der Waals surface area (Å²) in [5.41, 5.74) is 1.83. The van der Waals surface area contributed by atoms with Crippen molar-refractivity contribution in [1.29, 1.82) is 0 Å². The Morgan fingerprint density at radius 1 is 1.00 bits per heavy atom. The van der Waals surface area contributed by atoms with E-state index in [4.69, 9.17) is 4.74 Å². The topological polar surface area (TPSA) is 29.5 Å². The highest BCUT2D eigenvalue weighted by Gasteiger charge is 2.12. The lowest BCUT2D eigenvalue weighted by molar-refractivity contribution is 0.219. The maximum absolute atomic E-state index is 13.5. The smallest absolute Gasteiger partial charge is 0.126 e.